The molecular weight excluding hydrogens is 218 g/mol. The molecule has 0 aromatic heterocycles. The normalized spacial score (nSPS) is 16.3. The Kier molecular flexibility index (Phi) is 2.21. The standard InChI is InChI=1S/C10H6ClNO3/c11-4-7-8(13)5-2-1-3-6(10(12)14)9(5)15-7/h1-4H,(H2,12,14)/b7-4-. The number of fused-ring (bicyclic) bond motifs is 1. The molecule has 0 saturated heterocycles. The summed E-state index contributed by atoms with van der Waals surface area (Å²) in [5, 5.41) is 0. The first-order chi connectivity index (χ1) is 7.15. The van der Waals surface area contributed by atoms with Crippen molar-refractivity contribution >= 4 is 23.3 Å². The van der Waals surface area contributed by atoms with E-state index in [0.29, 0.717) is 5.56 Å². The molecule has 0 bridgehead atoms. The van der Waals surface area contributed by atoms with Gasteiger partial charge in [0.1, 0.15) is 0 Å². The highest BCUT2D eigenvalue weighted by Crippen LogP contribution is 2.34. The molecule has 1 aromatic rings. The first-order valence-corrected chi connectivity index (χ1v) is 4.54. The number of primary amides is 1. The monoisotopic (exact) mass is 223 g/mol. The molecule has 4 nitrogen and oxygen atoms in total. The van der Waals surface area contributed by atoms with Crippen molar-refractivity contribution < 1.29 is 14.3 Å². The van der Waals surface area contributed by atoms with Gasteiger partial charge in [-0.2, -0.15) is 0 Å². The van der Waals surface area contributed by atoms with Crippen molar-refractivity contribution in [2.45, 2.75) is 0 Å². The molecule has 0 radical (unpaired) electrons. The summed E-state index contributed by atoms with van der Waals surface area (Å²) < 4.78 is 5.14. The van der Waals surface area contributed by atoms with Crippen LogP contribution in [0.3, 0.4) is 0 Å². The summed E-state index contributed by atoms with van der Waals surface area (Å²) >= 11 is 5.40. The van der Waals surface area contributed by atoms with Crippen LogP contribution < -0.4 is 10.5 Å². The van der Waals surface area contributed by atoms with Crippen molar-refractivity contribution in [2.75, 3.05) is 0 Å². The minimum absolute atomic E-state index is 0.000340. The number of ether oxygens (including phenoxy) is 1. The van der Waals surface area contributed by atoms with Gasteiger partial charge in [-0.1, -0.05) is 17.7 Å². The summed E-state index contributed by atoms with van der Waals surface area (Å²) in [6.07, 6.45) is 0. The molecule has 2 N–H and O–H groups in total. The number of halogens is 1. The number of benzene rings is 1. The van der Waals surface area contributed by atoms with Crippen LogP contribution in [-0.4, -0.2) is 11.7 Å². The van der Waals surface area contributed by atoms with E-state index in [2.05, 4.69) is 0 Å². The fourth-order valence-electron chi connectivity index (χ4n) is 1.38. The van der Waals surface area contributed by atoms with Crippen LogP contribution in [0, 0.1) is 0 Å². The van der Waals surface area contributed by atoms with Gasteiger partial charge in [0.15, 0.2) is 11.5 Å². The molecular formula is C10H6ClNO3. The van der Waals surface area contributed by atoms with Crippen LogP contribution in [-0.2, 0) is 0 Å². The van der Waals surface area contributed by atoms with E-state index in [0.717, 1.165) is 5.54 Å². The molecule has 1 amide bonds. The van der Waals surface area contributed by atoms with Crippen molar-refractivity contribution in [3.8, 4) is 5.75 Å². The molecule has 1 aromatic carbocycles. The van der Waals surface area contributed by atoms with Gasteiger partial charge in [0.05, 0.1) is 16.7 Å². The van der Waals surface area contributed by atoms with Gasteiger partial charge in [-0.05, 0) is 12.1 Å². The second-order valence-electron chi connectivity index (χ2n) is 2.95. The highest BCUT2D eigenvalue weighted by Gasteiger charge is 2.30. The summed E-state index contributed by atoms with van der Waals surface area (Å²) in [6.45, 7) is 0. The minimum atomic E-state index is -0.643. The molecule has 1 aliphatic rings. The minimum Gasteiger partial charge on any atom is -0.451 e. The third-order valence-electron chi connectivity index (χ3n) is 2.06. The highest BCUT2D eigenvalue weighted by atomic mass is 35.5. The van der Waals surface area contributed by atoms with Gasteiger partial charge in [0.2, 0.25) is 5.78 Å². The van der Waals surface area contributed by atoms with Crippen LogP contribution in [0.1, 0.15) is 20.7 Å². The predicted molar refractivity (Wildman–Crippen MR) is 53.9 cm³/mol. The lowest BCUT2D eigenvalue weighted by atomic mass is 10.1. The van der Waals surface area contributed by atoms with E-state index in [4.69, 9.17) is 22.1 Å². The van der Waals surface area contributed by atoms with Gasteiger partial charge >= 0.3 is 0 Å². The number of allylic oxidation sites excluding steroid dienone is 1. The van der Waals surface area contributed by atoms with E-state index >= 15 is 0 Å². The number of rotatable bonds is 1. The van der Waals surface area contributed by atoms with Crippen LogP contribution in [0.5, 0.6) is 5.75 Å². The Morgan fingerprint density at radius 2 is 2.20 bits per heavy atom. The molecule has 1 aliphatic heterocycles. The van der Waals surface area contributed by atoms with E-state index in [1.165, 1.54) is 6.07 Å². The third kappa shape index (κ3) is 1.39. The van der Waals surface area contributed by atoms with E-state index < -0.39 is 5.91 Å². The van der Waals surface area contributed by atoms with Crippen LogP contribution in [0.2, 0.25) is 0 Å². The quantitative estimate of drug-likeness (QED) is 0.733. The fraction of sp³-hybridized carbons (Fsp3) is 0. The van der Waals surface area contributed by atoms with Crippen molar-refractivity contribution in [1.82, 2.24) is 0 Å². The van der Waals surface area contributed by atoms with Crippen molar-refractivity contribution in [1.29, 1.82) is 0 Å². The maximum absolute atomic E-state index is 11.6. The number of ketones is 1. The molecule has 2 rings (SSSR count). The number of carbonyl (C=O) groups excluding carboxylic acids is 2. The van der Waals surface area contributed by atoms with Gasteiger partial charge < -0.3 is 10.5 Å². The van der Waals surface area contributed by atoms with Crippen molar-refractivity contribution in [2.24, 2.45) is 5.73 Å². The summed E-state index contributed by atoms with van der Waals surface area (Å²) in [4.78, 5) is 22.6. The maximum atomic E-state index is 11.6. The second kappa shape index (κ2) is 3.40. The molecule has 0 aliphatic carbocycles. The van der Waals surface area contributed by atoms with Gasteiger partial charge in [-0.3, -0.25) is 9.59 Å². The zero-order valence-electron chi connectivity index (χ0n) is 7.49. The van der Waals surface area contributed by atoms with Crippen LogP contribution >= 0.6 is 11.6 Å². The highest BCUT2D eigenvalue weighted by molar-refractivity contribution is 6.29. The molecule has 0 saturated carbocycles. The van der Waals surface area contributed by atoms with Gasteiger partial charge in [-0.25, -0.2) is 0 Å². The number of para-hydroxylation sites is 1. The Balaban J connectivity index is 2.63. The van der Waals surface area contributed by atoms with E-state index in [9.17, 15) is 9.59 Å². The fourth-order valence-corrected chi connectivity index (χ4v) is 1.52. The number of hydrogen-bond donors (Lipinski definition) is 1. The molecule has 0 spiro atoms. The summed E-state index contributed by atoms with van der Waals surface area (Å²) in [6, 6.07) is 4.61. The van der Waals surface area contributed by atoms with Crippen LogP contribution in [0.25, 0.3) is 0 Å². The lowest BCUT2D eigenvalue weighted by Gasteiger charge is -2.01. The third-order valence-corrected chi connectivity index (χ3v) is 2.26. The van der Waals surface area contributed by atoms with E-state index in [-0.39, 0.29) is 22.9 Å². The number of nitrogens with two attached hydrogens (primary N) is 1. The predicted octanol–water partition coefficient (Wildman–Crippen LogP) is 1.44. The topological polar surface area (TPSA) is 69.4 Å². The Bertz CT molecular complexity index is 493. The lowest BCUT2D eigenvalue weighted by Crippen LogP contribution is -2.11. The van der Waals surface area contributed by atoms with E-state index in [1.807, 2.05) is 0 Å². The van der Waals surface area contributed by atoms with Crippen molar-refractivity contribution in [3.05, 3.63) is 40.6 Å². The number of hydrogen-bond acceptors (Lipinski definition) is 3. The first-order valence-electron chi connectivity index (χ1n) is 4.11. The molecule has 15 heavy (non-hydrogen) atoms. The Labute approximate surface area is 90.3 Å². The number of carbonyl (C=O) groups is 2. The average Bonchev–Trinajstić information content (AvgIpc) is 2.55. The largest absolute Gasteiger partial charge is 0.451 e. The number of amides is 1. The van der Waals surface area contributed by atoms with Crippen LogP contribution in [0.4, 0.5) is 0 Å². The maximum Gasteiger partial charge on any atom is 0.252 e. The first kappa shape index (κ1) is 9.73. The molecule has 0 unspecified atom stereocenters. The number of Topliss-reactive ketones (excluding diaryl/α,β-unsaturated/α-hetero) is 1. The zero-order chi connectivity index (χ0) is 11.0. The molecule has 1 heterocycles. The SMILES string of the molecule is NC(=O)c1cccc2c1O/C(=C\Cl)C2=O. The van der Waals surface area contributed by atoms with Crippen LogP contribution in [0.15, 0.2) is 29.5 Å². The van der Waals surface area contributed by atoms with Crippen molar-refractivity contribution in [3.63, 3.8) is 0 Å². The Morgan fingerprint density at radius 3 is 2.80 bits per heavy atom. The summed E-state index contributed by atoms with van der Waals surface area (Å²) in [5.41, 5.74) is 6.65. The van der Waals surface area contributed by atoms with Gasteiger partial charge in [0.25, 0.3) is 5.91 Å². The Morgan fingerprint density at radius 1 is 1.47 bits per heavy atom. The van der Waals surface area contributed by atoms with Gasteiger partial charge in [0, 0.05) is 0 Å². The average molecular weight is 224 g/mol. The lowest BCUT2D eigenvalue weighted by molar-refractivity contribution is 0.0991. The molecule has 0 atom stereocenters. The Hall–Kier alpha value is -1.81. The second-order valence-corrected chi connectivity index (χ2v) is 3.17. The zero-order valence-corrected chi connectivity index (χ0v) is 8.25. The van der Waals surface area contributed by atoms with E-state index in [1.54, 1.807) is 12.1 Å². The summed E-state index contributed by atoms with van der Waals surface area (Å²) in [7, 11) is 0. The molecule has 76 valence electrons. The summed E-state index contributed by atoms with van der Waals surface area (Å²) in [5.74, 6) is -0.805. The molecule has 0 fully saturated rings. The smallest absolute Gasteiger partial charge is 0.252 e. The molecule has 5 heteroatoms. The van der Waals surface area contributed by atoms with Gasteiger partial charge in [-0.15, -0.1) is 0 Å².